The van der Waals surface area contributed by atoms with Crippen molar-refractivity contribution in [2.24, 2.45) is 0 Å². The van der Waals surface area contributed by atoms with Crippen LogP contribution in [0.1, 0.15) is 0 Å². The van der Waals surface area contributed by atoms with Crippen molar-refractivity contribution < 1.29 is 9.50 Å². The molecule has 2 rings (SSSR count). The molecule has 2 heteroatoms. The lowest BCUT2D eigenvalue weighted by atomic mass is 10.1. The fourth-order valence-corrected chi connectivity index (χ4v) is 1.35. The number of rotatable bonds is 1. The summed E-state index contributed by atoms with van der Waals surface area (Å²) < 4.78 is 12.6. The fourth-order valence-electron chi connectivity index (χ4n) is 1.35. The maximum Gasteiger partial charge on any atom is 0.123 e. The molecule has 2 aromatic rings. The number of para-hydroxylation sites is 1. The minimum Gasteiger partial charge on any atom is -0.507 e. The van der Waals surface area contributed by atoms with E-state index in [9.17, 15) is 9.50 Å². The van der Waals surface area contributed by atoms with Gasteiger partial charge >= 0.3 is 0 Å². The van der Waals surface area contributed by atoms with E-state index in [0.717, 1.165) is 5.56 Å². The molecule has 0 aliphatic rings. The lowest BCUT2D eigenvalue weighted by molar-refractivity contribution is 0.477. The second kappa shape index (κ2) is 3.50. The molecule has 0 fully saturated rings. The van der Waals surface area contributed by atoms with Crippen LogP contribution in [0.4, 0.5) is 4.39 Å². The first-order valence-corrected chi connectivity index (χ1v) is 4.31. The highest BCUT2D eigenvalue weighted by Crippen LogP contribution is 2.28. The van der Waals surface area contributed by atoms with Gasteiger partial charge in [-0.3, -0.25) is 0 Å². The zero-order chi connectivity index (χ0) is 9.97. The molecule has 14 heavy (non-hydrogen) atoms. The molecule has 70 valence electrons. The van der Waals surface area contributed by atoms with E-state index in [1.807, 2.05) is 6.07 Å². The molecule has 0 aromatic heterocycles. The lowest BCUT2D eigenvalue weighted by Gasteiger charge is -2.03. The van der Waals surface area contributed by atoms with Crippen molar-refractivity contribution in [1.82, 2.24) is 0 Å². The zero-order valence-corrected chi connectivity index (χ0v) is 7.44. The quantitative estimate of drug-likeness (QED) is 0.728. The third kappa shape index (κ3) is 1.59. The van der Waals surface area contributed by atoms with Gasteiger partial charge < -0.3 is 5.11 Å². The minimum absolute atomic E-state index is 0.208. The van der Waals surface area contributed by atoms with Gasteiger partial charge in [0.2, 0.25) is 0 Å². The molecule has 1 nitrogen and oxygen atoms in total. The van der Waals surface area contributed by atoms with Gasteiger partial charge in [0.25, 0.3) is 0 Å². The molecule has 0 saturated heterocycles. The van der Waals surface area contributed by atoms with E-state index < -0.39 is 0 Å². The van der Waals surface area contributed by atoms with Crippen LogP contribution in [-0.4, -0.2) is 5.11 Å². The predicted molar refractivity (Wildman–Crippen MR) is 53.5 cm³/mol. The van der Waals surface area contributed by atoms with E-state index >= 15 is 0 Å². The van der Waals surface area contributed by atoms with Crippen LogP contribution in [0.2, 0.25) is 0 Å². The second-order valence-corrected chi connectivity index (χ2v) is 3.02. The van der Waals surface area contributed by atoms with Crippen molar-refractivity contribution in [2.45, 2.75) is 0 Å². The van der Waals surface area contributed by atoms with Crippen LogP contribution in [-0.2, 0) is 0 Å². The van der Waals surface area contributed by atoms with E-state index in [-0.39, 0.29) is 11.6 Å². The Morgan fingerprint density at radius 1 is 0.857 bits per heavy atom. The summed E-state index contributed by atoms with van der Waals surface area (Å²) in [6.07, 6.45) is 0. The highest BCUT2D eigenvalue weighted by atomic mass is 19.1. The van der Waals surface area contributed by atoms with E-state index in [4.69, 9.17) is 0 Å². The monoisotopic (exact) mass is 188 g/mol. The van der Waals surface area contributed by atoms with Gasteiger partial charge in [-0.15, -0.1) is 0 Å². The molecule has 0 radical (unpaired) electrons. The van der Waals surface area contributed by atoms with Gasteiger partial charge in [-0.25, -0.2) is 4.39 Å². The van der Waals surface area contributed by atoms with Gasteiger partial charge in [0.15, 0.2) is 0 Å². The number of halogens is 1. The summed E-state index contributed by atoms with van der Waals surface area (Å²) in [7, 11) is 0. The number of hydrogen-bond acceptors (Lipinski definition) is 1. The molecular formula is C12H9FO. The molecule has 0 unspecified atom stereocenters. The number of hydrogen-bond donors (Lipinski definition) is 1. The van der Waals surface area contributed by atoms with Gasteiger partial charge in [-0.05, 0) is 23.8 Å². The van der Waals surface area contributed by atoms with Gasteiger partial charge in [0.05, 0.1) is 0 Å². The Balaban J connectivity index is 2.50. The Kier molecular flexibility index (Phi) is 2.19. The Hall–Kier alpha value is -1.83. The van der Waals surface area contributed by atoms with Crippen LogP contribution in [0, 0.1) is 5.82 Å². The third-order valence-corrected chi connectivity index (χ3v) is 2.06. The van der Waals surface area contributed by atoms with E-state index in [0.29, 0.717) is 5.56 Å². The number of benzene rings is 2. The topological polar surface area (TPSA) is 20.2 Å². The molecule has 0 atom stereocenters. The van der Waals surface area contributed by atoms with E-state index in [2.05, 4.69) is 0 Å². The molecule has 0 aliphatic carbocycles. The molecule has 1 N–H and O–H groups in total. The molecule has 0 bridgehead atoms. The first-order valence-electron chi connectivity index (χ1n) is 4.31. The summed E-state index contributed by atoms with van der Waals surface area (Å²) in [5.41, 5.74) is 1.53. The minimum atomic E-state index is -0.274. The summed E-state index contributed by atoms with van der Waals surface area (Å²) in [4.78, 5) is 0. The largest absolute Gasteiger partial charge is 0.507 e. The van der Waals surface area contributed by atoms with Crippen molar-refractivity contribution in [3.05, 3.63) is 54.3 Å². The molecule has 0 aliphatic heterocycles. The van der Waals surface area contributed by atoms with Crippen molar-refractivity contribution in [3.8, 4) is 16.9 Å². The lowest BCUT2D eigenvalue weighted by Crippen LogP contribution is -1.79. The fraction of sp³-hybridized carbons (Fsp3) is 0. The summed E-state index contributed by atoms with van der Waals surface area (Å²) >= 11 is 0. The van der Waals surface area contributed by atoms with Crippen LogP contribution in [0.5, 0.6) is 5.75 Å². The van der Waals surface area contributed by atoms with Crippen molar-refractivity contribution in [1.29, 1.82) is 0 Å². The van der Waals surface area contributed by atoms with Gasteiger partial charge in [0, 0.05) is 5.56 Å². The van der Waals surface area contributed by atoms with E-state index in [1.54, 1.807) is 30.3 Å². The highest BCUT2D eigenvalue weighted by molar-refractivity contribution is 5.69. The van der Waals surface area contributed by atoms with Crippen LogP contribution in [0.3, 0.4) is 0 Å². The number of aromatic hydroxyl groups is 1. The standard InChI is InChI=1S/C12H9FO/c13-10-7-5-9(6-8-10)11-3-1-2-4-12(11)14/h1-8,14H. The molecule has 2 aromatic carbocycles. The summed E-state index contributed by atoms with van der Waals surface area (Å²) in [5.74, 6) is -0.0664. The van der Waals surface area contributed by atoms with Crippen molar-refractivity contribution >= 4 is 0 Å². The maximum atomic E-state index is 12.6. The van der Waals surface area contributed by atoms with Crippen LogP contribution in [0.25, 0.3) is 11.1 Å². The van der Waals surface area contributed by atoms with Crippen molar-refractivity contribution in [3.63, 3.8) is 0 Å². The molecule has 0 amide bonds. The normalized spacial score (nSPS) is 10.1. The Morgan fingerprint density at radius 3 is 2.14 bits per heavy atom. The third-order valence-electron chi connectivity index (χ3n) is 2.06. The second-order valence-electron chi connectivity index (χ2n) is 3.02. The SMILES string of the molecule is Oc1ccccc1-c1ccc(F)cc1. The van der Waals surface area contributed by atoms with Gasteiger partial charge in [-0.2, -0.15) is 0 Å². The van der Waals surface area contributed by atoms with Crippen LogP contribution >= 0.6 is 0 Å². The Morgan fingerprint density at radius 2 is 1.50 bits per heavy atom. The first kappa shape index (κ1) is 8.75. The summed E-state index contributed by atoms with van der Waals surface area (Å²) in [6, 6.07) is 13.0. The number of phenolic OH excluding ortho intramolecular Hbond substituents is 1. The average molecular weight is 188 g/mol. The van der Waals surface area contributed by atoms with Gasteiger partial charge in [0.1, 0.15) is 11.6 Å². The van der Waals surface area contributed by atoms with Gasteiger partial charge in [-0.1, -0.05) is 30.3 Å². The maximum absolute atomic E-state index is 12.6. The summed E-state index contributed by atoms with van der Waals surface area (Å²) in [5, 5.41) is 9.54. The first-order chi connectivity index (χ1) is 6.77. The molecule has 0 heterocycles. The summed E-state index contributed by atoms with van der Waals surface area (Å²) in [6.45, 7) is 0. The van der Waals surface area contributed by atoms with Crippen LogP contribution < -0.4 is 0 Å². The Labute approximate surface area is 81.4 Å². The molecular weight excluding hydrogens is 179 g/mol. The highest BCUT2D eigenvalue weighted by Gasteiger charge is 2.02. The Bertz CT molecular complexity index is 434. The zero-order valence-electron chi connectivity index (χ0n) is 7.44. The van der Waals surface area contributed by atoms with Crippen molar-refractivity contribution in [2.75, 3.05) is 0 Å². The predicted octanol–water partition coefficient (Wildman–Crippen LogP) is 3.20. The average Bonchev–Trinajstić information content (AvgIpc) is 2.20. The van der Waals surface area contributed by atoms with Crippen LogP contribution in [0.15, 0.2) is 48.5 Å². The smallest absolute Gasteiger partial charge is 0.123 e. The van der Waals surface area contributed by atoms with E-state index in [1.165, 1.54) is 12.1 Å². The molecule has 0 saturated carbocycles. The molecule has 0 spiro atoms. The number of phenols is 1.